The van der Waals surface area contributed by atoms with Gasteiger partial charge in [-0.25, -0.2) is 8.42 Å². The maximum absolute atomic E-state index is 12.1. The number of rotatable bonds is 4. The summed E-state index contributed by atoms with van der Waals surface area (Å²) in [4.78, 5) is 2.21. The Kier molecular flexibility index (Phi) is 4.62. The molecule has 1 aliphatic heterocycles. The Balaban J connectivity index is 1.97. The second kappa shape index (κ2) is 6.37. The number of quaternary nitrogens is 1. The van der Waals surface area contributed by atoms with Crippen LogP contribution in [-0.2, 0) is 16.5 Å². The zero-order chi connectivity index (χ0) is 16.6. The molecule has 1 N–H and O–H groups in total. The largest absolute Gasteiger partial charge is 0.429 e. The maximum Gasteiger partial charge on any atom is 0.274 e. The molecule has 1 saturated heterocycles. The fourth-order valence-electron chi connectivity index (χ4n) is 3.10. The third-order valence-corrected chi connectivity index (χ3v) is 6.78. The minimum atomic E-state index is -3.23. The van der Waals surface area contributed by atoms with Crippen molar-refractivity contribution in [2.45, 2.75) is 38.3 Å². The summed E-state index contributed by atoms with van der Waals surface area (Å²) in [5.74, 6) is 0.876. The molecule has 0 atom stereocenters. The van der Waals surface area contributed by atoms with Crippen molar-refractivity contribution in [1.82, 2.24) is 4.57 Å². The molecule has 0 aliphatic carbocycles. The number of fused-ring (bicyclic) bond motifs is 1. The second-order valence-corrected chi connectivity index (χ2v) is 9.05. The molecule has 126 valence electrons. The van der Waals surface area contributed by atoms with Crippen LogP contribution in [0.1, 0.15) is 26.7 Å². The SMILES string of the molecule is CCS(=O)(=O)c1ccc2oc(=S)n(C[NH+]3CCC(C)CC3)c2c1. The average molecular weight is 356 g/mol. The Bertz CT molecular complexity index is 859. The van der Waals surface area contributed by atoms with E-state index in [-0.39, 0.29) is 5.75 Å². The van der Waals surface area contributed by atoms with Gasteiger partial charge in [-0.05, 0) is 49.2 Å². The first-order valence-corrected chi connectivity index (χ1v) is 10.2. The average Bonchev–Trinajstić information content (AvgIpc) is 2.84. The van der Waals surface area contributed by atoms with E-state index >= 15 is 0 Å². The second-order valence-electron chi connectivity index (χ2n) is 6.42. The van der Waals surface area contributed by atoms with Crippen molar-refractivity contribution < 1.29 is 17.7 Å². The number of nitrogens with zero attached hydrogens (tertiary/aromatic N) is 1. The topological polar surface area (TPSA) is 56.6 Å². The Morgan fingerprint density at radius 3 is 2.70 bits per heavy atom. The Morgan fingerprint density at radius 1 is 1.35 bits per heavy atom. The minimum Gasteiger partial charge on any atom is -0.429 e. The van der Waals surface area contributed by atoms with Crippen molar-refractivity contribution in [2.24, 2.45) is 5.92 Å². The highest BCUT2D eigenvalue weighted by Crippen LogP contribution is 2.22. The predicted octanol–water partition coefficient (Wildman–Crippen LogP) is 2.03. The van der Waals surface area contributed by atoms with E-state index in [1.165, 1.54) is 17.7 Å². The fourth-order valence-corrected chi connectivity index (χ4v) is 4.26. The first-order chi connectivity index (χ1) is 10.9. The first-order valence-electron chi connectivity index (χ1n) is 8.10. The zero-order valence-electron chi connectivity index (χ0n) is 13.5. The van der Waals surface area contributed by atoms with Gasteiger partial charge in [0.05, 0.1) is 29.3 Å². The molecule has 0 unspecified atom stereocenters. The summed E-state index contributed by atoms with van der Waals surface area (Å²) in [6, 6.07) is 5.00. The number of benzene rings is 1. The van der Waals surface area contributed by atoms with Crippen molar-refractivity contribution in [2.75, 3.05) is 18.8 Å². The molecule has 0 amide bonds. The highest BCUT2D eigenvalue weighted by Gasteiger charge is 2.21. The van der Waals surface area contributed by atoms with E-state index in [0.717, 1.165) is 31.2 Å². The Labute approximate surface area is 141 Å². The molecular weight excluding hydrogens is 332 g/mol. The van der Waals surface area contributed by atoms with Gasteiger partial charge in [0, 0.05) is 0 Å². The van der Waals surface area contributed by atoms with Gasteiger partial charge >= 0.3 is 0 Å². The van der Waals surface area contributed by atoms with E-state index in [0.29, 0.717) is 15.3 Å². The van der Waals surface area contributed by atoms with Crippen LogP contribution in [0.4, 0.5) is 0 Å². The van der Waals surface area contributed by atoms with Crippen molar-refractivity contribution in [3.8, 4) is 0 Å². The summed E-state index contributed by atoms with van der Waals surface area (Å²) < 4.78 is 31.8. The molecule has 23 heavy (non-hydrogen) atoms. The molecule has 1 aliphatic rings. The Hall–Kier alpha value is -1.18. The molecule has 0 saturated carbocycles. The summed E-state index contributed by atoms with van der Waals surface area (Å²) in [6.45, 7) is 6.90. The lowest BCUT2D eigenvalue weighted by Crippen LogP contribution is -3.12. The number of hydrogen-bond donors (Lipinski definition) is 1. The highest BCUT2D eigenvalue weighted by molar-refractivity contribution is 7.91. The lowest BCUT2D eigenvalue weighted by atomic mass is 10.00. The molecule has 5 nitrogen and oxygen atoms in total. The quantitative estimate of drug-likeness (QED) is 0.853. The summed E-state index contributed by atoms with van der Waals surface area (Å²) in [6.07, 6.45) is 2.43. The third-order valence-electron chi connectivity index (χ3n) is 4.74. The summed E-state index contributed by atoms with van der Waals surface area (Å²) in [7, 11) is -3.23. The summed E-state index contributed by atoms with van der Waals surface area (Å²) >= 11 is 5.34. The summed E-state index contributed by atoms with van der Waals surface area (Å²) in [5, 5.41) is 0. The molecular formula is C16H23N2O3S2+. The fraction of sp³-hybridized carbons (Fsp3) is 0.562. The van der Waals surface area contributed by atoms with Crippen LogP contribution in [0.3, 0.4) is 0 Å². The van der Waals surface area contributed by atoms with Crippen molar-refractivity contribution in [1.29, 1.82) is 0 Å². The molecule has 0 spiro atoms. The van der Waals surface area contributed by atoms with E-state index < -0.39 is 9.84 Å². The molecule has 3 rings (SSSR count). The smallest absolute Gasteiger partial charge is 0.274 e. The number of aromatic nitrogens is 1. The normalized spacial score (nSPS) is 22.5. The van der Waals surface area contributed by atoms with E-state index in [1.807, 2.05) is 4.57 Å². The molecule has 2 aromatic rings. The number of nitrogens with one attached hydrogen (secondary N) is 1. The number of sulfone groups is 1. The molecule has 0 radical (unpaired) electrons. The van der Waals surface area contributed by atoms with Gasteiger partial charge in [-0.1, -0.05) is 13.8 Å². The van der Waals surface area contributed by atoms with Gasteiger partial charge in [0.2, 0.25) is 0 Å². The van der Waals surface area contributed by atoms with Crippen LogP contribution < -0.4 is 4.90 Å². The number of likely N-dealkylation sites (tertiary alicyclic amines) is 1. The van der Waals surface area contributed by atoms with E-state index in [1.54, 1.807) is 25.1 Å². The van der Waals surface area contributed by atoms with Crippen LogP contribution in [0.15, 0.2) is 27.5 Å². The van der Waals surface area contributed by atoms with Gasteiger partial charge in [-0.2, -0.15) is 0 Å². The van der Waals surface area contributed by atoms with E-state index in [9.17, 15) is 8.42 Å². The lowest BCUT2D eigenvalue weighted by molar-refractivity contribution is -0.928. The summed E-state index contributed by atoms with van der Waals surface area (Å²) in [5.41, 5.74) is 1.42. The molecule has 1 aromatic heterocycles. The van der Waals surface area contributed by atoms with Gasteiger partial charge in [-0.15, -0.1) is 0 Å². The van der Waals surface area contributed by atoms with Crippen LogP contribution in [0.25, 0.3) is 11.1 Å². The van der Waals surface area contributed by atoms with Crippen LogP contribution >= 0.6 is 12.2 Å². The van der Waals surface area contributed by atoms with Crippen LogP contribution in [0, 0.1) is 10.8 Å². The van der Waals surface area contributed by atoms with E-state index in [4.69, 9.17) is 16.6 Å². The number of piperidine rings is 1. The van der Waals surface area contributed by atoms with Crippen LogP contribution in [-0.4, -0.2) is 31.8 Å². The Morgan fingerprint density at radius 2 is 2.04 bits per heavy atom. The standard InChI is InChI=1S/C16H22N2O3S2/c1-3-23(19,20)13-4-5-15-14(10-13)18(16(22)21-15)11-17-8-6-12(2)7-9-17/h4-5,10,12H,3,6-9,11H2,1-2H3/p+1. The van der Waals surface area contributed by atoms with Crippen LogP contribution in [0.5, 0.6) is 0 Å². The molecule has 7 heteroatoms. The minimum absolute atomic E-state index is 0.0896. The predicted molar refractivity (Wildman–Crippen MR) is 91.9 cm³/mol. The highest BCUT2D eigenvalue weighted by atomic mass is 32.2. The number of hydrogen-bond acceptors (Lipinski definition) is 4. The van der Waals surface area contributed by atoms with Crippen molar-refractivity contribution in [3.05, 3.63) is 23.0 Å². The van der Waals surface area contributed by atoms with Gasteiger partial charge in [-0.3, -0.25) is 4.57 Å². The lowest BCUT2D eigenvalue weighted by Gasteiger charge is -2.27. The van der Waals surface area contributed by atoms with Gasteiger partial charge in [0.25, 0.3) is 4.84 Å². The molecule has 1 fully saturated rings. The van der Waals surface area contributed by atoms with Gasteiger partial charge in [0.15, 0.2) is 22.1 Å². The maximum atomic E-state index is 12.1. The number of oxazole rings is 1. The monoisotopic (exact) mass is 355 g/mol. The van der Waals surface area contributed by atoms with E-state index in [2.05, 4.69) is 6.92 Å². The first kappa shape index (κ1) is 16.7. The van der Waals surface area contributed by atoms with Crippen molar-refractivity contribution in [3.63, 3.8) is 0 Å². The van der Waals surface area contributed by atoms with Gasteiger partial charge in [0.1, 0.15) is 0 Å². The van der Waals surface area contributed by atoms with Crippen molar-refractivity contribution >= 4 is 33.2 Å². The molecule has 2 heterocycles. The van der Waals surface area contributed by atoms with Gasteiger partial charge < -0.3 is 9.32 Å². The molecule has 1 aromatic carbocycles. The zero-order valence-corrected chi connectivity index (χ0v) is 15.2. The molecule has 0 bridgehead atoms. The third kappa shape index (κ3) is 3.36. The van der Waals surface area contributed by atoms with Crippen LogP contribution in [0.2, 0.25) is 0 Å².